The van der Waals surface area contributed by atoms with E-state index in [1.54, 1.807) is 11.9 Å². The van der Waals surface area contributed by atoms with Gasteiger partial charge in [-0.25, -0.2) is 4.79 Å². The maximum Gasteiger partial charge on any atom is 0.410 e. The van der Waals surface area contributed by atoms with Gasteiger partial charge in [0.2, 0.25) is 0 Å². The van der Waals surface area contributed by atoms with Crippen molar-refractivity contribution in [1.29, 1.82) is 0 Å². The van der Waals surface area contributed by atoms with Crippen LogP contribution >= 0.6 is 0 Å². The first-order valence-corrected chi connectivity index (χ1v) is 7.24. The molecule has 3 N–H and O–H groups in total. The van der Waals surface area contributed by atoms with Gasteiger partial charge < -0.3 is 20.6 Å². The lowest BCUT2D eigenvalue weighted by atomic mass is 9.95. The summed E-state index contributed by atoms with van der Waals surface area (Å²) >= 11 is 0. The molecular weight excluding hydrogens is 272 g/mol. The van der Waals surface area contributed by atoms with Crippen molar-refractivity contribution < 1.29 is 14.7 Å². The summed E-state index contributed by atoms with van der Waals surface area (Å²) in [5, 5.41) is 12.0. The first-order valence-electron chi connectivity index (χ1n) is 7.24. The number of nitrogens with two attached hydrogens (primary N) is 1. The van der Waals surface area contributed by atoms with Gasteiger partial charge in [-0.1, -0.05) is 19.0 Å². The number of carbonyl (C=O) groups excluding carboxylic acids is 1. The third-order valence-corrected chi connectivity index (χ3v) is 3.56. The van der Waals surface area contributed by atoms with Crippen molar-refractivity contribution in [3.05, 3.63) is 0 Å². The van der Waals surface area contributed by atoms with Crippen LogP contribution in [0.2, 0.25) is 0 Å². The monoisotopic (exact) mass is 300 g/mol. The van der Waals surface area contributed by atoms with Crippen LogP contribution in [-0.2, 0) is 4.74 Å². The molecule has 7 heteroatoms. The minimum absolute atomic E-state index is 0.0904. The van der Waals surface area contributed by atoms with Crippen LogP contribution in [-0.4, -0.2) is 64.8 Å². The lowest BCUT2D eigenvalue weighted by molar-refractivity contribution is -0.0127. The number of rotatable bonds is 4. The number of oxime groups is 1. The molecule has 7 nitrogen and oxygen atoms in total. The maximum absolute atomic E-state index is 12.0. The lowest BCUT2D eigenvalue weighted by Crippen LogP contribution is -2.65. The molecule has 0 bridgehead atoms. The van der Waals surface area contributed by atoms with E-state index in [9.17, 15) is 4.79 Å². The fraction of sp³-hybridized carbons (Fsp3) is 0.857. The molecule has 0 aromatic heterocycles. The van der Waals surface area contributed by atoms with Crippen molar-refractivity contribution in [2.75, 3.05) is 20.1 Å². The Labute approximate surface area is 126 Å². The predicted octanol–water partition coefficient (Wildman–Crippen LogP) is 1.31. The van der Waals surface area contributed by atoms with Crippen molar-refractivity contribution in [3.8, 4) is 0 Å². The average Bonchev–Trinajstić information content (AvgIpc) is 2.28. The summed E-state index contributed by atoms with van der Waals surface area (Å²) in [6, 6.07) is -0.0223. The second-order valence-electron chi connectivity index (χ2n) is 6.91. The molecule has 0 aromatic carbocycles. The molecular formula is C14H28N4O3. The second-order valence-corrected chi connectivity index (χ2v) is 6.91. The van der Waals surface area contributed by atoms with Crippen LogP contribution in [0.1, 0.15) is 34.6 Å². The molecule has 1 fully saturated rings. The zero-order valence-corrected chi connectivity index (χ0v) is 13.8. The van der Waals surface area contributed by atoms with Crippen LogP contribution in [0.3, 0.4) is 0 Å². The number of hydrogen-bond donors (Lipinski definition) is 2. The zero-order chi connectivity index (χ0) is 16.4. The Balaban J connectivity index is 2.57. The van der Waals surface area contributed by atoms with Gasteiger partial charge in [0.1, 0.15) is 5.60 Å². The minimum Gasteiger partial charge on any atom is -0.444 e. The Bertz CT molecular complexity index is 398. The standard InChI is InChI=1S/C14H28N4O3/c1-9(2)11(12(15)16-20)18-7-10(8-18)17(6)13(19)21-14(3,4)5/h9-11,20H,7-8H2,1-6H3,(H2,15,16). The van der Waals surface area contributed by atoms with Crippen LogP contribution < -0.4 is 5.73 Å². The van der Waals surface area contributed by atoms with E-state index in [1.807, 2.05) is 34.6 Å². The topological polar surface area (TPSA) is 91.4 Å². The van der Waals surface area contributed by atoms with Crippen molar-refractivity contribution >= 4 is 11.9 Å². The van der Waals surface area contributed by atoms with Crippen LogP contribution in [0.15, 0.2) is 5.16 Å². The smallest absolute Gasteiger partial charge is 0.410 e. The molecule has 1 rings (SSSR count). The zero-order valence-electron chi connectivity index (χ0n) is 13.8. The number of likely N-dealkylation sites (tertiary alicyclic amines) is 1. The third-order valence-electron chi connectivity index (χ3n) is 3.56. The number of amides is 1. The molecule has 0 saturated carbocycles. The molecule has 0 spiro atoms. The molecule has 1 unspecified atom stereocenters. The average molecular weight is 300 g/mol. The van der Waals surface area contributed by atoms with Crippen molar-refractivity contribution in [2.24, 2.45) is 16.8 Å². The lowest BCUT2D eigenvalue weighted by Gasteiger charge is -2.48. The van der Waals surface area contributed by atoms with Gasteiger partial charge in [-0.05, 0) is 26.7 Å². The number of carbonyl (C=O) groups is 1. The number of hydrogen-bond acceptors (Lipinski definition) is 5. The van der Waals surface area contributed by atoms with Gasteiger partial charge in [-0.15, -0.1) is 0 Å². The number of likely N-dealkylation sites (N-methyl/N-ethyl adjacent to an activating group) is 1. The molecule has 1 aliphatic heterocycles. The summed E-state index contributed by atoms with van der Waals surface area (Å²) in [5.74, 6) is 0.442. The van der Waals surface area contributed by atoms with E-state index in [0.29, 0.717) is 13.1 Å². The number of amidine groups is 1. The highest BCUT2D eigenvalue weighted by Crippen LogP contribution is 2.22. The highest BCUT2D eigenvalue weighted by atomic mass is 16.6. The van der Waals surface area contributed by atoms with E-state index in [1.165, 1.54) is 0 Å². The van der Waals surface area contributed by atoms with Gasteiger partial charge in [-0.2, -0.15) is 0 Å². The summed E-state index contributed by atoms with van der Waals surface area (Å²) in [7, 11) is 1.74. The van der Waals surface area contributed by atoms with E-state index in [2.05, 4.69) is 10.1 Å². The van der Waals surface area contributed by atoms with Gasteiger partial charge in [0.05, 0.1) is 12.1 Å². The third kappa shape index (κ3) is 4.49. The Morgan fingerprint density at radius 1 is 1.43 bits per heavy atom. The SMILES string of the molecule is CC(C)C(/C(N)=N/O)N1CC(N(C)C(=O)OC(C)(C)C)C1. The fourth-order valence-electron chi connectivity index (χ4n) is 2.45. The summed E-state index contributed by atoms with van der Waals surface area (Å²) in [6.07, 6.45) is -0.322. The number of nitrogens with zero attached hydrogens (tertiary/aromatic N) is 3. The molecule has 1 saturated heterocycles. The Kier molecular flexibility index (Phi) is 5.44. The van der Waals surface area contributed by atoms with Gasteiger partial charge in [0.25, 0.3) is 0 Å². The van der Waals surface area contributed by atoms with Crippen molar-refractivity contribution in [2.45, 2.75) is 52.3 Å². The Morgan fingerprint density at radius 2 is 1.95 bits per heavy atom. The van der Waals surface area contributed by atoms with Crippen LogP contribution in [0.5, 0.6) is 0 Å². The molecule has 122 valence electrons. The molecule has 0 aliphatic carbocycles. The molecule has 1 aliphatic rings. The molecule has 0 radical (unpaired) electrons. The predicted molar refractivity (Wildman–Crippen MR) is 81.4 cm³/mol. The van der Waals surface area contributed by atoms with Crippen molar-refractivity contribution in [1.82, 2.24) is 9.80 Å². The maximum atomic E-state index is 12.0. The highest BCUT2D eigenvalue weighted by molar-refractivity contribution is 5.85. The highest BCUT2D eigenvalue weighted by Gasteiger charge is 2.40. The van der Waals surface area contributed by atoms with E-state index < -0.39 is 5.60 Å². The van der Waals surface area contributed by atoms with E-state index in [4.69, 9.17) is 15.7 Å². The van der Waals surface area contributed by atoms with Gasteiger partial charge in [0, 0.05) is 20.1 Å². The summed E-state index contributed by atoms with van der Waals surface area (Å²) in [5.41, 5.74) is 5.25. The molecule has 1 amide bonds. The molecule has 1 atom stereocenters. The first kappa shape index (κ1) is 17.6. The Hall–Kier alpha value is -1.50. The molecule has 0 aromatic rings. The van der Waals surface area contributed by atoms with E-state index in [-0.39, 0.29) is 29.9 Å². The summed E-state index contributed by atoms with van der Waals surface area (Å²) in [6.45, 7) is 11.0. The first-order chi connectivity index (χ1) is 9.56. The number of ether oxygens (including phenoxy) is 1. The quantitative estimate of drug-likeness (QED) is 0.353. The normalized spacial score (nSPS) is 19.3. The Morgan fingerprint density at radius 3 is 2.33 bits per heavy atom. The van der Waals surface area contributed by atoms with Gasteiger partial charge >= 0.3 is 6.09 Å². The van der Waals surface area contributed by atoms with Crippen LogP contribution in [0, 0.1) is 5.92 Å². The second kappa shape index (κ2) is 6.51. The largest absolute Gasteiger partial charge is 0.444 e. The van der Waals surface area contributed by atoms with Crippen LogP contribution in [0.4, 0.5) is 4.79 Å². The summed E-state index contributed by atoms with van der Waals surface area (Å²) < 4.78 is 5.35. The minimum atomic E-state index is -0.497. The van der Waals surface area contributed by atoms with Crippen molar-refractivity contribution in [3.63, 3.8) is 0 Å². The van der Waals surface area contributed by atoms with Gasteiger partial charge in [0.15, 0.2) is 5.84 Å². The van der Waals surface area contributed by atoms with Crippen LogP contribution in [0.25, 0.3) is 0 Å². The van der Waals surface area contributed by atoms with E-state index >= 15 is 0 Å². The van der Waals surface area contributed by atoms with Gasteiger partial charge in [-0.3, -0.25) is 4.90 Å². The fourth-order valence-corrected chi connectivity index (χ4v) is 2.45. The molecule has 1 heterocycles. The van der Waals surface area contributed by atoms with E-state index in [0.717, 1.165) is 0 Å². The summed E-state index contributed by atoms with van der Waals surface area (Å²) in [4.78, 5) is 15.7. The molecule has 21 heavy (non-hydrogen) atoms.